The Morgan fingerprint density at radius 3 is 2.50 bits per heavy atom. The highest BCUT2D eigenvalue weighted by molar-refractivity contribution is 5.97. The third-order valence-corrected chi connectivity index (χ3v) is 6.37. The van der Waals surface area contributed by atoms with Crippen LogP contribution in [0.2, 0.25) is 0 Å². The number of aromatic nitrogens is 1. The fraction of sp³-hybridized carbons (Fsp3) is 0.241. The monoisotopic (exact) mass is 512 g/mol. The molecule has 0 radical (unpaired) electrons. The molecule has 0 spiro atoms. The van der Waals surface area contributed by atoms with Crippen molar-refractivity contribution in [2.75, 3.05) is 13.3 Å². The van der Waals surface area contributed by atoms with Gasteiger partial charge in [-0.3, -0.25) is 9.59 Å². The number of rotatable bonds is 6. The first-order valence-corrected chi connectivity index (χ1v) is 12.2. The summed E-state index contributed by atoms with van der Waals surface area (Å²) in [6.45, 7) is 6.49. The van der Waals surface area contributed by atoms with Crippen LogP contribution in [0.15, 0.2) is 77.0 Å². The SMILES string of the molecule is CC(C)(C)c1ccc(C(=O)NCC(=O)N=Nc2c(O)n(Cc3ccc4c(c3)OCO4)c3ccccc23)cc1. The van der Waals surface area contributed by atoms with Crippen molar-refractivity contribution in [1.82, 2.24) is 9.88 Å². The fourth-order valence-corrected chi connectivity index (χ4v) is 4.27. The van der Waals surface area contributed by atoms with Gasteiger partial charge in [-0.2, -0.15) is 0 Å². The molecule has 1 aliphatic heterocycles. The number of hydrogen-bond donors (Lipinski definition) is 2. The molecule has 1 aliphatic rings. The van der Waals surface area contributed by atoms with Gasteiger partial charge in [0.2, 0.25) is 12.7 Å². The zero-order valence-electron chi connectivity index (χ0n) is 21.4. The number of carbonyl (C=O) groups excluding carboxylic acids is 2. The smallest absolute Gasteiger partial charge is 0.283 e. The van der Waals surface area contributed by atoms with E-state index in [4.69, 9.17) is 9.47 Å². The van der Waals surface area contributed by atoms with Crippen molar-refractivity contribution >= 4 is 28.4 Å². The van der Waals surface area contributed by atoms with Crippen LogP contribution in [0.25, 0.3) is 10.9 Å². The molecule has 1 aromatic heterocycles. The summed E-state index contributed by atoms with van der Waals surface area (Å²) in [5.74, 6) is 0.186. The molecular formula is C29H28N4O5. The molecule has 9 nitrogen and oxygen atoms in total. The van der Waals surface area contributed by atoms with Crippen LogP contribution < -0.4 is 14.8 Å². The number of hydrogen-bond acceptors (Lipinski definition) is 6. The number of nitrogens with one attached hydrogen (secondary N) is 1. The average molecular weight is 513 g/mol. The summed E-state index contributed by atoms with van der Waals surface area (Å²) in [5.41, 5.74) is 3.34. The Morgan fingerprint density at radius 1 is 1.00 bits per heavy atom. The van der Waals surface area contributed by atoms with Gasteiger partial charge in [0, 0.05) is 10.9 Å². The molecule has 3 aromatic carbocycles. The van der Waals surface area contributed by atoms with Crippen LogP contribution in [-0.2, 0) is 16.8 Å². The predicted octanol–water partition coefficient (Wildman–Crippen LogP) is 5.46. The number of ether oxygens (including phenoxy) is 2. The fourth-order valence-electron chi connectivity index (χ4n) is 4.27. The van der Waals surface area contributed by atoms with Gasteiger partial charge in [0.05, 0.1) is 12.1 Å². The molecule has 2 heterocycles. The Morgan fingerprint density at radius 2 is 1.74 bits per heavy atom. The third-order valence-electron chi connectivity index (χ3n) is 6.37. The average Bonchev–Trinajstić information content (AvgIpc) is 3.48. The topological polar surface area (TPSA) is 115 Å². The molecule has 194 valence electrons. The van der Waals surface area contributed by atoms with Gasteiger partial charge in [-0.1, -0.05) is 57.2 Å². The van der Waals surface area contributed by atoms with Gasteiger partial charge >= 0.3 is 0 Å². The van der Waals surface area contributed by atoms with Gasteiger partial charge in [0.15, 0.2) is 17.2 Å². The number of nitrogens with zero attached hydrogens (tertiary/aromatic N) is 3. The van der Waals surface area contributed by atoms with E-state index >= 15 is 0 Å². The number of para-hydroxylation sites is 1. The van der Waals surface area contributed by atoms with Crippen LogP contribution in [0.1, 0.15) is 42.3 Å². The third kappa shape index (κ3) is 5.08. The van der Waals surface area contributed by atoms with Crippen molar-refractivity contribution in [1.29, 1.82) is 0 Å². The lowest BCUT2D eigenvalue weighted by Crippen LogP contribution is -2.28. The number of aromatic hydroxyl groups is 1. The van der Waals surface area contributed by atoms with Gasteiger partial charge < -0.3 is 24.5 Å². The van der Waals surface area contributed by atoms with Crippen molar-refractivity contribution in [2.45, 2.75) is 32.7 Å². The second-order valence-corrected chi connectivity index (χ2v) is 10.1. The van der Waals surface area contributed by atoms with Gasteiger partial charge in [0.25, 0.3) is 11.8 Å². The molecule has 0 unspecified atom stereocenters. The highest BCUT2D eigenvalue weighted by Gasteiger charge is 2.19. The Bertz CT molecular complexity index is 1550. The molecule has 5 rings (SSSR count). The highest BCUT2D eigenvalue weighted by Crippen LogP contribution is 2.40. The van der Waals surface area contributed by atoms with E-state index in [9.17, 15) is 14.7 Å². The van der Waals surface area contributed by atoms with E-state index in [0.29, 0.717) is 29.0 Å². The summed E-state index contributed by atoms with van der Waals surface area (Å²) in [5, 5.41) is 22.0. The molecule has 0 saturated heterocycles. The molecule has 0 saturated carbocycles. The highest BCUT2D eigenvalue weighted by atomic mass is 16.7. The summed E-state index contributed by atoms with van der Waals surface area (Å²) in [6, 6.07) is 20.2. The Labute approximate surface area is 219 Å². The minimum absolute atomic E-state index is 0.0233. The quantitative estimate of drug-likeness (QED) is 0.333. The normalized spacial score (nSPS) is 12.8. The summed E-state index contributed by atoms with van der Waals surface area (Å²) < 4.78 is 12.5. The van der Waals surface area contributed by atoms with Gasteiger partial charge in [-0.15, -0.1) is 10.2 Å². The Hall–Kier alpha value is -4.66. The standard InChI is InChI=1S/C29H28N4O5/c1-29(2,3)20-11-9-19(10-12-20)27(35)30-15-25(34)31-32-26-21-6-4-5-7-22(21)33(28(26)36)16-18-8-13-23-24(14-18)38-17-37-23/h4-14,36H,15-17H2,1-3H3,(H,30,35). The predicted molar refractivity (Wildman–Crippen MR) is 142 cm³/mol. The number of fused-ring (bicyclic) bond motifs is 2. The van der Waals surface area contributed by atoms with Crippen molar-refractivity contribution in [2.24, 2.45) is 10.2 Å². The summed E-state index contributed by atoms with van der Waals surface area (Å²) in [7, 11) is 0. The lowest BCUT2D eigenvalue weighted by molar-refractivity contribution is -0.117. The molecule has 0 atom stereocenters. The lowest BCUT2D eigenvalue weighted by atomic mass is 9.87. The minimum Gasteiger partial charge on any atom is -0.493 e. The lowest BCUT2D eigenvalue weighted by Gasteiger charge is -2.18. The Balaban J connectivity index is 1.29. The molecule has 0 fully saturated rings. The van der Waals surface area contributed by atoms with Crippen molar-refractivity contribution < 1.29 is 24.2 Å². The summed E-state index contributed by atoms with van der Waals surface area (Å²) >= 11 is 0. The van der Waals surface area contributed by atoms with Crippen LogP contribution in [-0.4, -0.2) is 34.8 Å². The zero-order chi connectivity index (χ0) is 26.9. The van der Waals surface area contributed by atoms with Crippen LogP contribution >= 0.6 is 0 Å². The van der Waals surface area contributed by atoms with Gasteiger partial charge in [-0.25, -0.2) is 0 Å². The molecule has 4 aromatic rings. The first-order valence-electron chi connectivity index (χ1n) is 12.2. The van der Waals surface area contributed by atoms with Gasteiger partial charge in [-0.05, 0) is 46.9 Å². The second-order valence-electron chi connectivity index (χ2n) is 10.1. The van der Waals surface area contributed by atoms with Gasteiger partial charge in [0.1, 0.15) is 6.54 Å². The molecular weight excluding hydrogens is 484 g/mol. The minimum atomic E-state index is -0.642. The largest absolute Gasteiger partial charge is 0.493 e. The van der Waals surface area contributed by atoms with E-state index in [0.717, 1.165) is 16.6 Å². The van der Waals surface area contributed by atoms with E-state index < -0.39 is 5.91 Å². The second kappa shape index (κ2) is 10.0. The number of benzene rings is 3. The molecule has 2 N–H and O–H groups in total. The molecule has 38 heavy (non-hydrogen) atoms. The van der Waals surface area contributed by atoms with Crippen LogP contribution in [0.5, 0.6) is 17.4 Å². The number of azo groups is 1. The van der Waals surface area contributed by atoms with Crippen LogP contribution in [0.3, 0.4) is 0 Å². The number of carbonyl (C=O) groups is 2. The summed E-state index contributed by atoms with van der Waals surface area (Å²) in [4.78, 5) is 24.9. The maximum absolute atomic E-state index is 12.5. The molecule has 0 bridgehead atoms. The van der Waals surface area contributed by atoms with Crippen molar-refractivity contribution in [3.63, 3.8) is 0 Å². The van der Waals surface area contributed by atoms with Crippen LogP contribution in [0.4, 0.5) is 5.69 Å². The maximum atomic E-state index is 12.5. The summed E-state index contributed by atoms with van der Waals surface area (Å²) in [6.07, 6.45) is 0. The molecule has 0 aliphatic carbocycles. The first-order chi connectivity index (χ1) is 18.2. The van der Waals surface area contributed by atoms with E-state index in [-0.39, 0.29) is 36.2 Å². The Kier molecular flexibility index (Phi) is 6.59. The van der Waals surface area contributed by atoms with E-state index in [1.54, 1.807) is 22.8 Å². The van der Waals surface area contributed by atoms with E-state index in [1.165, 1.54) is 0 Å². The maximum Gasteiger partial charge on any atom is 0.283 e. The number of amides is 2. The molecule has 9 heteroatoms. The zero-order valence-corrected chi connectivity index (χ0v) is 21.4. The van der Waals surface area contributed by atoms with E-state index in [2.05, 4.69) is 36.3 Å². The van der Waals surface area contributed by atoms with E-state index in [1.807, 2.05) is 48.5 Å². The van der Waals surface area contributed by atoms with Crippen LogP contribution in [0, 0.1) is 0 Å². The first kappa shape index (κ1) is 25.0. The molecule has 2 amide bonds. The van der Waals surface area contributed by atoms with Crippen molar-refractivity contribution in [3.8, 4) is 17.4 Å². The van der Waals surface area contributed by atoms with Crippen molar-refractivity contribution in [3.05, 3.63) is 83.4 Å².